The van der Waals surface area contributed by atoms with E-state index in [4.69, 9.17) is 4.42 Å². The molecule has 0 aliphatic heterocycles. The van der Waals surface area contributed by atoms with Crippen molar-refractivity contribution < 1.29 is 4.42 Å². The van der Waals surface area contributed by atoms with Crippen molar-refractivity contribution in [1.29, 1.82) is 0 Å². The molecular formula is C17H18N2O. The van der Waals surface area contributed by atoms with Crippen molar-refractivity contribution in [2.45, 2.75) is 19.9 Å². The Balaban J connectivity index is 1.87. The van der Waals surface area contributed by atoms with Crippen LogP contribution in [-0.4, -0.2) is 11.5 Å². The van der Waals surface area contributed by atoms with Gasteiger partial charge in [0, 0.05) is 29.9 Å². The van der Waals surface area contributed by atoms with Crippen LogP contribution in [0.15, 0.2) is 53.2 Å². The van der Waals surface area contributed by atoms with Gasteiger partial charge in [-0.15, -0.1) is 0 Å². The van der Waals surface area contributed by atoms with Crippen LogP contribution in [0.1, 0.15) is 18.9 Å². The molecule has 0 aliphatic carbocycles. The molecule has 2 heterocycles. The van der Waals surface area contributed by atoms with E-state index in [1.807, 2.05) is 30.6 Å². The first kappa shape index (κ1) is 12.9. The van der Waals surface area contributed by atoms with Gasteiger partial charge in [0.15, 0.2) is 0 Å². The molecular weight excluding hydrogens is 248 g/mol. The van der Waals surface area contributed by atoms with Gasteiger partial charge in [-0.2, -0.15) is 0 Å². The highest BCUT2D eigenvalue weighted by atomic mass is 16.3. The summed E-state index contributed by atoms with van der Waals surface area (Å²) in [6, 6.07) is 12.2. The summed E-state index contributed by atoms with van der Waals surface area (Å²) in [4.78, 5) is 4.31. The molecule has 0 bridgehead atoms. The molecule has 1 N–H and O–H groups in total. The van der Waals surface area contributed by atoms with Crippen LogP contribution in [0.4, 0.5) is 0 Å². The second-order valence-electron chi connectivity index (χ2n) is 4.91. The standard InChI is InChI=1S/C17H18N2O/c1-2-7-18-10-13-8-15(12-19-11-13)17-9-14-5-3-4-6-16(14)20-17/h3-6,8-9,11-12,18H,2,7,10H2,1H3. The molecule has 0 saturated heterocycles. The molecule has 3 rings (SSSR count). The van der Waals surface area contributed by atoms with Crippen molar-refractivity contribution >= 4 is 11.0 Å². The van der Waals surface area contributed by atoms with Gasteiger partial charge >= 0.3 is 0 Å². The SMILES string of the molecule is CCCNCc1cncc(-c2cc3ccccc3o2)c1. The van der Waals surface area contributed by atoms with Gasteiger partial charge in [0.2, 0.25) is 0 Å². The zero-order valence-electron chi connectivity index (χ0n) is 11.6. The van der Waals surface area contributed by atoms with Crippen LogP contribution in [0.2, 0.25) is 0 Å². The van der Waals surface area contributed by atoms with E-state index in [-0.39, 0.29) is 0 Å². The molecule has 0 atom stereocenters. The first-order valence-electron chi connectivity index (χ1n) is 7.00. The molecule has 3 nitrogen and oxygen atoms in total. The molecule has 0 aliphatic rings. The predicted octanol–water partition coefficient (Wildman–Crippen LogP) is 3.99. The normalized spacial score (nSPS) is 11.1. The van der Waals surface area contributed by atoms with Crippen molar-refractivity contribution in [1.82, 2.24) is 10.3 Å². The lowest BCUT2D eigenvalue weighted by atomic mass is 10.1. The number of nitrogens with zero attached hydrogens (tertiary/aromatic N) is 1. The smallest absolute Gasteiger partial charge is 0.136 e. The maximum atomic E-state index is 5.87. The number of benzene rings is 1. The Morgan fingerprint density at radius 1 is 1.15 bits per heavy atom. The van der Waals surface area contributed by atoms with Gasteiger partial charge in [-0.25, -0.2) is 0 Å². The molecule has 0 radical (unpaired) electrons. The van der Waals surface area contributed by atoms with E-state index < -0.39 is 0 Å². The summed E-state index contributed by atoms with van der Waals surface area (Å²) in [6.45, 7) is 4.03. The van der Waals surface area contributed by atoms with E-state index in [1.165, 1.54) is 5.56 Å². The third kappa shape index (κ3) is 2.73. The monoisotopic (exact) mass is 266 g/mol. The number of hydrogen-bond donors (Lipinski definition) is 1. The highest BCUT2D eigenvalue weighted by Crippen LogP contribution is 2.27. The van der Waals surface area contributed by atoms with Crippen molar-refractivity contribution in [3.05, 3.63) is 54.4 Å². The van der Waals surface area contributed by atoms with E-state index in [0.717, 1.165) is 41.8 Å². The largest absolute Gasteiger partial charge is 0.456 e. The van der Waals surface area contributed by atoms with Gasteiger partial charge in [0.05, 0.1) is 0 Å². The molecule has 3 heteroatoms. The van der Waals surface area contributed by atoms with Crippen LogP contribution in [0.25, 0.3) is 22.3 Å². The summed E-state index contributed by atoms with van der Waals surface area (Å²) in [5, 5.41) is 4.51. The minimum absolute atomic E-state index is 0.842. The van der Waals surface area contributed by atoms with Crippen molar-refractivity contribution in [2.75, 3.05) is 6.54 Å². The van der Waals surface area contributed by atoms with Gasteiger partial charge in [0.25, 0.3) is 0 Å². The number of pyridine rings is 1. The number of para-hydroxylation sites is 1. The lowest BCUT2D eigenvalue weighted by Crippen LogP contribution is -2.13. The maximum Gasteiger partial charge on any atom is 0.136 e. The number of fused-ring (bicyclic) bond motifs is 1. The van der Waals surface area contributed by atoms with Crippen LogP contribution in [0, 0.1) is 0 Å². The summed E-state index contributed by atoms with van der Waals surface area (Å²) in [5.74, 6) is 0.871. The first-order chi connectivity index (χ1) is 9.86. The van der Waals surface area contributed by atoms with Crippen molar-refractivity contribution in [3.8, 4) is 11.3 Å². The van der Waals surface area contributed by atoms with Crippen LogP contribution in [-0.2, 0) is 6.54 Å². The molecule has 0 amide bonds. The summed E-state index contributed by atoms with van der Waals surface area (Å²) in [7, 11) is 0. The van der Waals surface area contributed by atoms with E-state index in [9.17, 15) is 0 Å². The second-order valence-corrected chi connectivity index (χ2v) is 4.91. The lowest BCUT2D eigenvalue weighted by Gasteiger charge is -2.04. The Kier molecular flexibility index (Phi) is 3.79. The number of nitrogens with one attached hydrogen (secondary N) is 1. The topological polar surface area (TPSA) is 38.1 Å². The average Bonchev–Trinajstić information content (AvgIpc) is 2.92. The minimum Gasteiger partial charge on any atom is -0.456 e. The fourth-order valence-electron chi connectivity index (χ4n) is 2.25. The van der Waals surface area contributed by atoms with Crippen LogP contribution < -0.4 is 5.32 Å². The quantitative estimate of drug-likeness (QED) is 0.709. The molecule has 20 heavy (non-hydrogen) atoms. The summed E-state index contributed by atoms with van der Waals surface area (Å²) < 4.78 is 5.87. The molecule has 1 aromatic carbocycles. The highest BCUT2D eigenvalue weighted by molar-refractivity contribution is 5.82. The molecule has 2 aromatic heterocycles. The van der Waals surface area contributed by atoms with E-state index in [0.29, 0.717) is 0 Å². The molecule has 102 valence electrons. The Hall–Kier alpha value is -2.13. The molecule has 3 aromatic rings. The number of rotatable bonds is 5. The zero-order chi connectivity index (χ0) is 13.8. The van der Waals surface area contributed by atoms with Crippen LogP contribution in [0.5, 0.6) is 0 Å². The third-order valence-corrected chi connectivity index (χ3v) is 3.26. The predicted molar refractivity (Wildman–Crippen MR) is 81.4 cm³/mol. The van der Waals surface area contributed by atoms with E-state index >= 15 is 0 Å². The molecule has 0 fully saturated rings. The fourth-order valence-corrected chi connectivity index (χ4v) is 2.25. The van der Waals surface area contributed by atoms with Gasteiger partial charge in [-0.05, 0) is 36.7 Å². The lowest BCUT2D eigenvalue weighted by molar-refractivity contribution is 0.630. The number of aromatic nitrogens is 1. The van der Waals surface area contributed by atoms with Crippen molar-refractivity contribution in [3.63, 3.8) is 0 Å². The second kappa shape index (κ2) is 5.88. The van der Waals surface area contributed by atoms with Gasteiger partial charge in [-0.1, -0.05) is 25.1 Å². The number of furan rings is 1. The Morgan fingerprint density at radius 3 is 2.90 bits per heavy atom. The molecule has 0 unspecified atom stereocenters. The van der Waals surface area contributed by atoms with Gasteiger partial charge in [-0.3, -0.25) is 4.98 Å². The third-order valence-electron chi connectivity index (χ3n) is 3.26. The first-order valence-corrected chi connectivity index (χ1v) is 7.00. The highest BCUT2D eigenvalue weighted by Gasteiger charge is 2.06. The molecule has 0 spiro atoms. The Bertz CT molecular complexity index is 670. The van der Waals surface area contributed by atoms with Crippen LogP contribution >= 0.6 is 0 Å². The summed E-state index contributed by atoms with van der Waals surface area (Å²) in [6.07, 6.45) is 4.88. The fraction of sp³-hybridized carbons (Fsp3) is 0.235. The van der Waals surface area contributed by atoms with Crippen LogP contribution in [0.3, 0.4) is 0 Å². The van der Waals surface area contributed by atoms with E-state index in [1.54, 1.807) is 0 Å². The summed E-state index contributed by atoms with van der Waals surface area (Å²) in [5.41, 5.74) is 3.12. The molecule has 0 saturated carbocycles. The van der Waals surface area contributed by atoms with Crippen molar-refractivity contribution in [2.24, 2.45) is 0 Å². The number of hydrogen-bond acceptors (Lipinski definition) is 3. The minimum atomic E-state index is 0.842. The summed E-state index contributed by atoms with van der Waals surface area (Å²) >= 11 is 0. The zero-order valence-corrected chi connectivity index (χ0v) is 11.6. The Labute approximate surface area is 118 Å². The van der Waals surface area contributed by atoms with Gasteiger partial charge < -0.3 is 9.73 Å². The van der Waals surface area contributed by atoms with E-state index in [2.05, 4.69) is 35.4 Å². The average molecular weight is 266 g/mol. The van der Waals surface area contributed by atoms with Gasteiger partial charge in [0.1, 0.15) is 11.3 Å². The maximum absolute atomic E-state index is 5.87. The Morgan fingerprint density at radius 2 is 2.05 bits per heavy atom.